The largest absolute Gasteiger partial charge is 0.439 e. The van der Waals surface area contributed by atoms with Crippen molar-refractivity contribution in [2.24, 2.45) is 16.9 Å². The van der Waals surface area contributed by atoms with E-state index in [1.807, 2.05) is 0 Å². The Kier molecular flexibility index (Phi) is 4.24. The van der Waals surface area contributed by atoms with Gasteiger partial charge in [0.1, 0.15) is 0 Å². The normalized spacial score (nSPS) is 30.1. The van der Waals surface area contributed by atoms with Crippen LogP contribution in [0.5, 0.6) is 0 Å². The van der Waals surface area contributed by atoms with Gasteiger partial charge in [-0.15, -0.1) is 0 Å². The maximum Gasteiger partial charge on any atom is 0.439 e. The number of benzene rings is 1. The molecule has 3 rings (SSSR count). The molecule has 1 N–H and O–H groups in total. The smallest absolute Gasteiger partial charge is 0.362 e. The molecule has 8 heteroatoms. The molecule has 2 aliphatic rings. The van der Waals surface area contributed by atoms with Gasteiger partial charge in [-0.25, -0.2) is 0 Å². The molecule has 3 atom stereocenters. The minimum Gasteiger partial charge on any atom is -0.362 e. The first kappa shape index (κ1) is 17.4. The van der Waals surface area contributed by atoms with Crippen molar-refractivity contribution in [2.75, 3.05) is 0 Å². The number of hydrogen-bond donors (Lipinski definition) is 1. The van der Waals surface area contributed by atoms with Crippen molar-refractivity contribution in [1.29, 1.82) is 0 Å². The Morgan fingerprint density at radius 2 is 2.04 bits per heavy atom. The SMILES string of the molecule is C[C@@H]1CCC[C@@H]2C1=NN(C(=O)c1ccccc1Br)[C@]2(O)C(F)(F)F. The molecule has 1 aliphatic heterocycles. The van der Waals surface area contributed by atoms with Crippen LogP contribution in [0.3, 0.4) is 0 Å². The van der Waals surface area contributed by atoms with Gasteiger partial charge in [0.25, 0.3) is 11.6 Å². The molecule has 1 aliphatic carbocycles. The minimum atomic E-state index is -5.00. The van der Waals surface area contributed by atoms with Gasteiger partial charge >= 0.3 is 6.18 Å². The van der Waals surface area contributed by atoms with Crippen LogP contribution in [0.25, 0.3) is 0 Å². The van der Waals surface area contributed by atoms with Crippen LogP contribution in [0.2, 0.25) is 0 Å². The van der Waals surface area contributed by atoms with Crippen LogP contribution >= 0.6 is 15.9 Å². The number of halogens is 4. The number of alkyl halides is 3. The standard InChI is InChI=1S/C16H16BrF3N2O2/c1-9-5-4-7-11-13(9)21-22(15(11,24)16(18,19)20)14(23)10-6-2-3-8-12(10)17/h2-3,6,8-9,11,24H,4-5,7H2,1H3/t9-,11-,15-/m1/s1. The molecule has 0 saturated heterocycles. The molecule has 1 saturated carbocycles. The number of carbonyl (C=O) groups excluding carboxylic acids is 1. The fraction of sp³-hybridized carbons (Fsp3) is 0.500. The molecule has 1 heterocycles. The highest BCUT2D eigenvalue weighted by molar-refractivity contribution is 9.10. The summed E-state index contributed by atoms with van der Waals surface area (Å²) in [5, 5.41) is 14.7. The van der Waals surface area contributed by atoms with Crippen LogP contribution in [-0.4, -0.2) is 33.6 Å². The Hall–Kier alpha value is -1.41. The second kappa shape index (κ2) is 5.84. The van der Waals surface area contributed by atoms with Gasteiger partial charge in [0.15, 0.2) is 0 Å². The van der Waals surface area contributed by atoms with Crippen LogP contribution in [0.15, 0.2) is 33.8 Å². The van der Waals surface area contributed by atoms with Crippen molar-refractivity contribution in [3.05, 3.63) is 34.3 Å². The van der Waals surface area contributed by atoms with Gasteiger partial charge in [-0.3, -0.25) is 4.79 Å². The van der Waals surface area contributed by atoms with Gasteiger partial charge in [0.05, 0.1) is 11.5 Å². The molecule has 0 bridgehead atoms. The van der Waals surface area contributed by atoms with Gasteiger partial charge in [0.2, 0.25) is 0 Å². The number of fused-ring (bicyclic) bond motifs is 1. The maximum absolute atomic E-state index is 13.7. The molecular weight excluding hydrogens is 389 g/mol. The van der Waals surface area contributed by atoms with E-state index in [-0.39, 0.29) is 28.6 Å². The van der Waals surface area contributed by atoms with E-state index < -0.39 is 23.7 Å². The zero-order chi connectivity index (χ0) is 17.7. The lowest BCUT2D eigenvalue weighted by Gasteiger charge is -2.39. The molecule has 1 amide bonds. The number of hydrazone groups is 1. The predicted octanol–water partition coefficient (Wildman–Crippen LogP) is 3.95. The van der Waals surface area contributed by atoms with Crippen molar-refractivity contribution in [3.63, 3.8) is 0 Å². The zero-order valence-corrected chi connectivity index (χ0v) is 14.4. The second-order valence-electron chi connectivity index (χ2n) is 6.23. The van der Waals surface area contributed by atoms with Gasteiger partial charge in [-0.2, -0.15) is 23.3 Å². The third-order valence-electron chi connectivity index (χ3n) is 4.73. The first-order valence-corrected chi connectivity index (χ1v) is 8.43. The number of hydrogen-bond acceptors (Lipinski definition) is 3. The summed E-state index contributed by atoms with van der Waals surface area (Å²) in [5.74, 6) is -2.39. The quantitative estimate of drug-likeness (QED) is 0.770. The fourth-order valence-electron chi connectivity index (χ4n) is 3.45. The summed E-state index contributed by atoms with van der Waals surface area (Å²) < 4.78 is 41.6. The number of rotatable bonds is 1. The first-order chi connectivity index (χ1) is 11.2. The maximum atomic E-state index is 13.7. The molecule has 4 nitrogen and oxygen atoms in total. The van der Waals surface area contributed by atoms with E-state index in [0.29, 0.717) is 17.3 Å². The summed E-state index contributed by atoms with van der Waals surface area (Å²) in [5.41, 5.74) is -3.03. The van der Waals surface area contributed by atoms with E-state index in [0.717, 1.165) is 0 Å². The summed E-state index contributed by atoms with van der Waals surface area (Å²) in [6, 6.07) is 6.14. The van der Waals surface area contributed by atoms with Gasteiger partial charge < -0.3 is 5.11 Å². The zero-order valence-electron chi connectivity index (χ0n) is 12.8. The number of carbonyl (C=O) groups is 1. The Morgan fingerprint density at radius 3 is 2.67 bits per heavy atom. The lowest BCUT2D eigenvalue weighted by atomic mass is 9.75. The summed E-state index contributed by atoms with van der Waals surface area (Å²) in [6.07, 6.45) is -3.60. The average molecular weight is 405 g/mol. The van der Waals surface area contributed by atoms with E-state index in [9.17, 15) is 23.1 Å². The van der Waals surface area contributed by atoms with E-state index in [4.69, 9.17) is 0 Å². The van der Waals surface area contributed by atoms with E-state index in [1.54, 1.807) is 25.1 Å². The minimum absolute atomic E-state index is 0.0239. The van der Waals surface area contributed by atoms with Crippen LogP contribution in [0.4, 0.5) is 13.2 Å². The van der Waals surface area contributed by atoms with Crippen molar-refractivity contribution < 1.29 is 23.1 Å². The van der Waals surface area contributed by atoms with Crippen molar-refractivity contribution in [1.82, 2.24) is 5.01 Å². The van der Waals surface area contributed by atoms with E-state index in [2.05, 4.69) is 21.0 Å². The Morgan fingerprint density at radius 1 is 1.38 bits per heavy atom. The fourth-order valence-corrected chi connectivity index (χ4v) is 3.90. The van der Waals surface area contributed by atoms with E-state index in [1.165, 1.54) is 6.07 Å². The predicted molar refractivity (Wildman–Crippen MR) is 85.3 cm³/mol. The molecular formula is C16H16BrF3N2O2. The van der Waals surface area contributed by atoms with Gasteiger partial charge in [0, 0.05) is 10.2 Å². The van der Waals surface area contributed by atoms with Crippen LogP contribution < -0.4 is 0 Å². The summed E-state index contributed by atoms with van der Waals surface area (Å²) in [6.45, 7) is 1.77. The molecule has 24 heavy (non-hydrogen) atoms. The van der Waals surface area contributed by atoms with Crippen molar-refractivity contribution in [2.45, 2.75) is 38.1 Å². The molecule has 1 aromatic rings. The molecule has 130 valence electrons. The topological polar surface area (TPSA) is 52.9 Å². The highest BCUT2D eigenvalue weighted by Gasteiger charge is 2.69. The van der Waals surface area contributed by atoms with E-state index >= 15 is 0 Å². The first-order valence-electron chi connectivity index (χ1n) is 7.64. The molecule has 0 spiro atoms. The molecule has 0 radical (unpaired) electrons. The summed E-state index contributed by atoms with van der Waals surface area (Å²) >= 11 is 3.16. The lowest BCUT2D eigenvalue weighted by Crippen LogP contribution is -2.61. The Balaban J connectivity index is 2.10. The molecule has 1 fully saturated rings. The number of nitrogens with zero attached hydrogens (tertiary/aromatic N) is 2. The van der Waals surface area contributed by atoms with Gasteiger partial charge in [-0.05, 0) is 46.8 Å². The average Bonchev–Trinajstić information content (AvgIpc) is 2.83. The number of amides is 1. The van der Waals surface area contributed by atoms with Crippen LogP contribution in [0.1, 0.15) is 36.5 Å². The molecule has 0 unspecified atom stereocenters. The third kappa shape index (κ3) is 2.47. The summed E-state index contributed by atoms with van der Waals surface area (Å²) in [7, 11) is 0. The van der Waals surface area contributed by atoms with Crippen molar-refractivity contribution in [3.8, 4) is 0 Å². The second-order valence-corrected chi connectivity index (χ2v) is 7.08. The lowest BCUT2D eigenvalue weighted by molar-refractivity contribution is -0.312. The monoisotopic (exact) mass is 404 g/mol. The van der Waals surface area contributed by atoms with Crippen LogP contribution in [-0.2, 0) is 0 Å². The van der Waals surface area contributed by atoms with Crippen LogP contribution in [0, 0.1) is 11.8 Å². The van der Waals surface area contributed by atoms with Crippen molar-refractivity contribution >= 4 is 27.5 Å². The number of aliphatic hydroxyl groups is 1. The Labute approximate surface area is 145 Å². The highest BCUT2D eigenvalue weighted by Crippen LogP contribution is 2.49. The summed E-state index contributed by atoms with van der Waals surface area (Å²) in [4.78, 5) is 12.7. The van der Waals surface area contributed by atoms with Gasteiger partial charge in [-0.1, -0.05) is 25.5 Å². The Bertz CT molecular complexity index is 707. The molecule has 0 aromatic heterocycles. The third-order valence-corrected chi connectivity index (χ3v) is 5.42. The molecule has 1 aromatic carbocycles. The highest BCUT2D eigenvalue weighted by atomic mass is 79.9.